The largest absolute Gasteiger partial charge is 0.463 e. The molecule has 0 aliphatic carbocycles. The molecule has 122 valence electrons. The van der Waals surface area contributed by atoms with Gasteiger partial charge in [0.15, 0.2) is 0 Å². The van der Waals surface area contributed by atoms with E-state index in [1.165, 1.54) is 23.9 Å². The van der Waals surface area contributed by atoms with Crippen LogP contribution in [0, 0.1) is 0 Å². The predicted molar refractivity (Wildman–Crippen MR) is 88.1 cm³/mol. The fourth-order valence-corrected chi connectivity index (χ4v) is 2.28. The maximum atomic E-state index is 12.0. The Hall–Kier alpha value is -2.86. The normalized spacial score (nSPS) is 10.6. The van der Waals surface area contributed by atoms with Crippen LogP contribution in [-0.2, 0) is 11.3 Å². The molecule has 2 aromatic heterocycles. The van der Waals surface area contributed by atoms with Crippen molar-refractivity contribution >= 4 is 17.6 Å². The Morgan fingerprint density at radius 2 is 1.92 bits per heavy atom. The Bertz CT molecular complexity index is 928. The van der Waals surface area contributed by atoms with Gasteiger partial charge in [0.1, 0.15) is 12.3 Å². The van der Waals surface area contributed by atoms with Crippen molar-refractivity contribution in [1.29, 1.82) is 0 Å². The number of aromatic nitrogens is 2. The van der Waals surface area contributed by atoms with Crippen molar-refractivity contribution in [2.75, 3.05) is 7.11 Å². The SMILES string of the molecule is COC(=O)c1ccc(Cn2nc(-c3ccc(Cl)cc3)ccc2=O)o1. The van der Waals surface area contributed by atoms with E-state index in [0.29, 0.717) is 16.5 Å². The quantitative estimate of drug-likeness (QED) is 0.680. The fourth-order valence-electron chi connectivity index (χ4n) is 2.16. The molecule has 0 bridgehead atoms. The number of ether oxygens (including phenoxy) is 1. The van der Waals surface area contributed by atoms with Crippen LogP contribution in [0.2, 0.25) is 5.02 Å². The van der Waals surface area contributed by atoms with Crippen LogP contribution in [0.3, 0.4) is 0 Å². The summed E-state index contributed by atoms with van der Waals surface area (Å²) in [6, 6.07) is 13.3. The van der Waals surface area contributed by atoms with Crippen LogP contribution in [0.25, 0.3) is 11.3 Å². The highest BCUT2D eigenvalue weighted by Crippen LogP contribution is 2.18. The molecule has 24 heavy (non-hydrogen) atoms. The number of esters is 1. The zero-order valence-corrected chi connectivity index (χ0v) is 13.5. The standard InChI is InChI=1S/C17H13ClN2O4/c1-23-17(22)15-8-6-13(24-15)10-20-16(21)9-7-14(19-20)11-2-4-12(18)5-3-11/h2-9H,10H2,1H3. The van der Waals surface area contributed by atoms with E-state index in [0.717, 1.165) is 5.56 Å². The second kappa shape index (κ2) is 6.72. The minimum atomic E-state index is -0.573. The number of hydrogen-bond acceptors (Lipinski definition) is 5. The third kappa shape index (κ3) is 3.38. The molecule has 1 aromatic carbocycles. The van der Waals surface area contributed by atoms with Crippen molar-refractivity contribution in [3.63, 3.8) is 0 Å². The molecule has 2 heterocycles. The first-order valence-electron chi connectivity index (χ1n) is 7.08. The highest BCUT2D eigenvalue weighted by molar-refractivity contribution is 6.30. The van der Waals surface area contributed by atoms with Crippen molar-refractivity contribution in [3.05, 3.63) is 75.4 Å². The molecule has 0 aliphatic rings. The summed E-state index contributed by atoms with van der Waals surface area (Å²) in [6.07, 6.45) is 0. The predicted octanol–water partition coefficient (Wildman–Crippen LogP) is 2.99. The van der Waals surface area contributed by atoms with E-state index in [9.17, 15) is 9.59 Å². The van der Waals surface area contributed by atoms with E-state index in [-0.39, 0.29) is 17.9 Å². The van der Waals surface area contributed by atoms with Gasteiger partial charge in [0.05, 0.1) is 12.8 Å². The van der Waals surface area contributed by atoms with Gasteiger partial charge in [-0.25, -0.2) is 9.48 Å². The van der Waals surface area contributed by atoms with Crippen LogP contribution in [0.15, 0.2) is 57.7 Å². The van der Waals surface area contributed by atoms with E-state index in [1.54, 1.807) is 24.3 Å². The topological polar surface area (TPSA) is 74.3 Å². The molecule has 0 saturated carbocycles. The zero-order chi connectivity index (χ0) is 17.1. The number of halogens is 1. The highest BCUT2D eigenvalue weighted by Gasteiger charge is 2.12. The molecule has 0 aliphatic heterocycles. The molecule has 0 radical (unpaired) electrons. The van der Waals surface area contributed by atoms with Crippen molar-refractivity contribution in [1.82, 2.24) is 9.78 Å². The maximum Gasteiger partial charge on any atom is 0.373 e. The Balaban J connectivity index is 1.89. The number of hydrogen-bond donors (Lipinski definition) is 0. The second-order valence-electron chi connectivity index (χ2n) is 4.98. The number of carbonyl (C=O) groups is 1. The third-order valence-corrected chi connectivity index (χ3v) is 3.61. The second-order valence-corrected chi connectivity index (χ2v) is 5.42. The van der Waals surface area contributed by atoms with Crippen LogP contribution in [0.4, 0.5) is 0 Å². The van der Waals surface area contributed by atoms with Crippen molar-refractivity contribution in [2.24, 2.45) is 0 Å². The summed E-state index contributed by atoms with van der Waals surface area (Å²) in [7, 11) is 1.27. The zero-order valence-electron chi connectivity index (χ0n) is 12.7. The fraction of sp³-hybridized carbons (Fsp3) is 0.118. The van der Waals surface area contributed by atoms with Gasteiger partial charge in [0, 0.05) is 16.7 Å². The highest BCUT2D eigenvalue weighted by atomic mass is 35.5. The van der Waals surface area contributed by atoms with Crippen LogP contribution in [0.1, 0.15) is 16.3 Å². The Kier molecular flexibility index (Phi) is 4.48. The Morgan fingerprint density at radius 1 is 1.17 bits per heavy atom. The number of carbonyl (C=O) groups excluding carboxylic acids is 1. The van der Waals surface area contributed by atoms with E-state index >= 15 is 0 Å². The van der Waals surface area contributed by atoms with Gasteiger partial charge in [0.2, 0.25) is 5.76 Å². The molecule has 7 heteroatoms. The summed E-state index contributed by atoms with van der Waals surface area (Å²) in [4.78, 5) is 23.4. The minimum absolute atomic E-state index is 0.0782. The van der Waals surface area contributed by atoms with Gasteiger partial charge in [-0.3, -0.25) is 4.79 Å². The maximum absolute atomic E-state index is 12.0. The molecular formula is C17H13ClN2O4. The van der Waals surface area contributed by atoms with E-state index in [1.807, 2.05) is 12.1 Å². The van der Waals surface area contributed by atoms with Gasteiger partial charge in [-0.05, 0) is 30.3 Å². The van der Waals surface area contributed by atoms with Gasteiger partial charge >= 0.3 is 5.97 Å². The van der Waals surface area contributed by atoms with Crippen molar-refractivity contribution < 1.29 is 13.9 Å². The molecule has 3 rings (SSSR count). The summed E-state index contributed by atoms with van der Waals surface area (Å²) in [5.74, 6) is -0.0656. The van der Waals surface area contributed by atoms with Gasteiger partial charge in [-0.15, -0.1) is 0 Å². The first-order chi connectivity index (χ1) is 11.6. The van der Waals surface area contributed by atoms with Gasteiger partial charge in [0.25, 0.3) is 5.56 Å². The number of methoxy groups -OCH3 is 1. The summed E-state index contributed by atoms with van der Waals surface area (Å²) in [5, 5.41) is 4.95. The molecule has 0 amide bonds. The van der Waals surface area contributed by atoms with Crippen LogP contribution in [-0.4, -0.2) is 22.9 Å². The molecule has 0 fully saturated rings. The Morgan fingerprint density at radius 3 is 2.62 bits per heavy atom. The van der Waals surface area contributed by atoms with Crippen LogP contribution >= 0.6 is 11.6 Å². The van der Waals surface area contributed by atoms with Gasteiger partial charge < -0.3 is 9.15 Å². The van der Waals surface area contributed by atoms with E-state index < -0.39 is 5.97 Å². The monoisotopic (exact) mass is 344 g/mol. The lowest BCUT2D eigenvalue weighted by atomic mass is 10.1. The molecule has 0 spiro atoms. The lowest BCUT2D eigenvalue weighted by Gasteiger charge is -2.06. The van der Waals surface area contributed by atoms with Crippen LogP contribution < -0.4 is 5.56 Å². The molecule has 6 nitrogen and oxygen atoms in total. The van der Waals surface area contributed by atoms with Crippen molar-refractivity contribution in [3.8, 4) is 11.3 Å². The average Bonchev–Trinajstić information content (AvgIpc) is 3.05. The summed E-state index contributed by atoms with van der Waals surface area (Å²) >= 11 is 5.88. The molecule has 0 atom stereocenters. The van der Waals surface area contributed by atoms with E-state index in [4.69, 9.17) is 16.0 Å². The summed E-state index contributed by atoms with van der Waals surface area (Å²) < 4.78 is 11.2. The number of furan rings is 1. The van der Waals surface area contributed by atoms with Crippen LogP contribution in [0.5, 0.6) is 0 Å². The lowest BCUT2D eigenvalue weighted by molar-refractivity contribution is 0.0562. The molecule has 0 unspecified atom stereocenters. The first kappa shape index (κ1) is 16.0. The Labute approximate surface area is 142 Å². The molecule has 0 N–H and O–H groups in total. The van der Waals surface area contributed by atoms with E-state index in [2.05, 4.69) is 9.84 Å². The first-order valence-corrected chi connectivity index (χ1v) is 7.46. The summed E-state index contributed by atoms with van der Waals surface area (Å²) in [5.41, 5.74) is 1.19. The third-order valence-electron chi connectivity index (χ3n) is 3.36. The van der Waals surface area contributed by atoms with Crippen molar-refractivity contribution in [2.45, 2.75) is 6.54 Å². The number of benzene rings is 1. The number of rotatable bonds is 4. The molecule has 3 aromatic rings. The summed E-state index contributed by atoms with van der Waals surface area (Å²) in [6.45, 7) is 0.108. The minimum Gasteiger partial charge on any atom is -0.463 e. The molecule has 0 saturated heterocycles. The lowest BCUT2D eigenvalue weighted by Crippen LogP contribution is -2.22. The molecular weight excluding hydrogens is 332 g/mol. The average molecular weight is 345 g/mol. The smallest absolute Gasteiger partial charge is 0.373 e. The number of nitrogens with zero attached hydrogens (tertiary/aromatic N) is 2. The van der Waals surface area contributed by atoms with Gasteiger partial charge in [-0.1, -0.05) is 23.7 Å². The van der Waals surface area contributed by atoms with Gasteiger partial charge in [-0.2, -0.15) is 5.10 Å².